The summed E-state index contributed by atoms with van der Waals surface area (Å²) in [7, 11) is 1.66. The summed E-state index contributed by atoms with van der Waals surface area (Å²) in [5.41, 5.74) is 0.982. The van der Waals surface area contributed by atoms with Crippen LogP contribution in [0.2, 0.25) is 0 Å². The van der Waals surface area contributed by atoms with Gasteiger partial charge in [-0.1, -0.05) is 0 Å². The van der Waals surface area contributed by atoms with E-state index in [1.54, 1.807) is 7.11 Å². The number of carbonyl (C=O) groups is 2. The van der Waals surface area contributed by atoms with Gasteiger partial charge in [0.05, 0.1) is 0 Å². The van der Waals surface area contributed by atoms with Crippen LogP contribution >= 0.6 is 19.8 Å². The molecule has 0 fully saturated rings. The van der Waals surface area contributed by atoms with E-state index in [0.29, 0.717) is 6.54 Å². The fourth-order valence-electron chi connectivity index (χ4n) is 2.47. The van der Waals surface area contributed by atoms with Crippen molar-refractivity contribution in [2.24, 2.45) is 0 Å². The molecule has 2 aromatic rings. The first-order valence-electron chi connectivity index (χ1n) is 7.45. The summed E-state index contributed by atoms with van der Waals surface area (Å²) in [6, 6.07) is 16.4. The average Bonchev–Trinajstić information content (AvgIpc) is 2.93. The van der Waals surface area contributed by atoms with Gasteiger partial charge in [0.1, 0.15) is 0 Å². The topological polar surface area (TPSA) is 46.6 Å². The normalized spacial score (nSPS) is 14.2. The quantitative estimate of drug-likeness (QED) is 0.412. The molecule has 0 N–H and O–H groups in total. The first kappa shape index (κ1) is 16.7. The number of methoxy groups -OCH3 is 1. The third kappa shape index (κ3) is 3.51. The Labute approximate surface area is 148 Å². The molecule has 0 saturated heterocycles. The molecule has 3 rings (SSSR count). The monoisotopic (exact) mass is 435 g/mol. The molecule has 0 bridgehead atoms. The van der Waals surface area contributed by atoms with Crippen molar-refractivity contribution < 1.29 is 14.3 Å². The number of imide groups is 1. The Morgan fingerprint density at radius 3 is 2.25 bits per heavy atom. The molecule has 0 aromatic heterocycles. The van der Waals surface area contributed by atoms with Crippen LogP contribution in [0.25, 0.3) is 0 Å². The summed E-state index contributed by atoms with van der Waals surface area (Å²) >= 11 is -1.51. The van der Waals surface area contributed by atoms with Gasteiger partial charge in [0.15, 0.2) is 0 Å². The molecule has 24 heavy (non-hydrogen) atoms. The number of amides is 2. The molecule has 0 saturated carbocycles. The van der Waals surface area contributed by atoms with Crippen molar-refractivity contribution in [3.63, 3.8) is 0 Å². The maximum absolute atomic E-state index is 11.7. The average molecular weight is 435 g/mol. The second-order valence-corrected chi connectivity index (χ2v) is 10.5. The predicted octanol–water partition coefficient (Wildman–Crippen LogP) is 3.30. The fourth-order valence-corrected chi connectivity index (χ4v) is 6.24. The molecular weight excluding hydrogens is 417 g/mol. The van der Waals surface area contributed by atoms with E-state index >= 15 is 0 Å². The van der Waals surface area contributed by atoms with Crippen LogP contribution in [0.4, 0.5) is 0 Å². The zero-order valence-electron chi connectivity index (χ0n) is 13.5. The van der Waals surface area contributed by atoms with Crippen molar-refractivity contribution in [3.05, 3.63) is 73.4 Å². The Morgan fingerprint density at radius 1 is 0.958 bits per heavy atom. The van der Waals surface area contributed by atoms with E-state index in [2.05, 4.69) is 29.2 Å². The van der Waals surface area contributed by atoms with Crippen molar-refractivity contribution in [2.45, 2.75) is 6.54 Å². The van der Waals surface area contributed by atoms with Gasteiger partial charge in [0.2, 0.25) is 0 Å². The van der Waals surface area contributed by atoms with Crippen molar-refractivity contribution in [1.82, 2.24) is 4.90 Å². The summed E-state index contributed by atoms with van der Waals surface area (Å²) in [5.74, 6) is 0.371. The van der Waals surface area contributed by atoms with E-state index in [-0.39, 0.29) is 11.8 Å². The van der Waals surface area contributed by atoms with Crippen molar-refractivity contribution in [1.29, 1.82) is 0 Å². The second-order valence-electron chi connectivity index (χ2n) is 5.36. The summed E-state index contributed by atoms with van der Waals surface area (Å²) in [5, 5.41) is 0. The Bertz CT molecular complexity index is 781. The second kappa shape index (κ2) is 7.17. The van der Waals surface area contributed by atoms with Crippen LogP contribution in [0.1, 0.15) is 5.56 Å². The van der Waals surface area contributed by atoms with Gasteiger partial charge < -0.3 is 0 Å². The van der Waals surface area contributed by atoms with Crippen molar-refractivity contribution in [3.8, 4) is 5.75 Å². The molecule has 0 atom stereocenters. The number of benzene rings is 2. The Morgan fingerprint density at radius 2 is 1.62 bits per heavy atom. The summed E-state index contributed by atoms with van der Waals surface area (Å²) < 4.78 is 7.85. The first-order chi connectivity index (χ1) is 11.6. The van der Waals surface area contributed by atoms with Gasteiger partial charge in [-0.25, -0.2) is 0 Å². The predicted molar refractivity (Wildman–Crippen MR) is 101 cm³/mol. The van der Waals surface area contributed by atoms with Crippen LogP contribution in [-0.4, -0.2) is 28.8 Å². The Kier molecular flexibility index (Phi) is 4.99. The van der Waals surface area contributed by atoms with Crippen LogP contribution in [0, 0.1) is 7.14 Å². The third-order valence-corrected chi connectivity index (χ3v) is 8.96. The van der Waals surface area contributed by atoms with Crippen LogP contribution in [0.3, 0.4) is 0 Å². The molecule has 0 spiro atoms. The van der Waals surface area contributed by atoms with E-state index < -0.39 is 19.8 Å². The SMILES string of the molecule is COc1ccc(I(C)c2cccc(CN3C(=O)C=CC3=O)c2)cc1. The summed E-state index contributed by atoms with van der Waals surface area (Å²) in [4.78, 5) is 27.0. The zero-order chi connectivity index (χ0) is 17.1. The van der Waals surface area contributed by atoms with Gasteiger partial charge >= 0.3 is 149 Å². The van der Waals surface area contributed by atoms with E-state index in [4.69, 9.17) is 4.74 Å². The van der Waals surface area contributed by atoms with Gasteiger partial charge in [-0.05, 0) is 0 Å². The molecular formula is C19H18INO3. The van der Waals surface area contributed by atoms with Gasteiger partial charge in [-0.3, -0.25) is 0 Å². The van der Waals surface area contributed by atoms with Crippen molar-refractivity contribution >= 4 is 31.6 Å². The Balaban J connectivity index is 1.79. The molecule has 2 aromatic carbocycles. The zero-order valence-corrected chi connectivity index (χ0v) is 15.7. The van der Waals surface area contributed by atoms with Crippen LogP contribution in [-0.2, 0) is 16.1 Å². The van der Waals surface area contributed by atoms with Gasteiger partial charge in [0, 0.05) is 0 Å². The third-order valence-electron chi connectivity index (χ3n) is 3.83. The van der Waals surface area contributed by atoms with E-state index in [1.807, 2.05) is 24.3 Å². The van der Waals surface area contributed by atoms with Crippen LogP contribution < -0.4 is 4.74 Å². The summed E-state index contributed by atoms with van der Waals surface area (Å²) in [6.45, 7) is 0.325. The molecule has 1 heterocycles. The minimum absolute atomic E-state index is 0.243. The van der Waals surface area contributed by atoms with E-state index in [0.717, 1.165) is 11.3 Å². The molecule has 0 unspecified atom stereocenters. The molecule has 0 aliphatic carbocycles. The Hall–Kier alpha value is -2.15. The van der Waals surface area contributed by atoms with Gasteiger partial charge in [-0.2, -0.15) is 0 Å². The standard InChI is InChI=1S/C19H18INO3/c1-20(15-6-8-17(24-2)9-7-15)16-5-3-4-14(12-16)13-21-18(22)10-11-19(21)23/h3-12H,13H2,1-2H3. The number of ether oxygens (including phenoxy) is 1. The minimum atomic E-state index is -1.51. The van der Waals surface area contributed by atoms with Crippen molar-refractivity contribution in [2.75, 3.05) is 12.0 Å². The molecule has 2 amide bonds. The molecule has 5 heteroatoms. The number of nitrogens with zero attached hydrogens (tertiary/aromatic N) is 1. The number of rotatable bonds is 5. The van der Waals surface area contributed by atoms with Crippen LogP contribution in [0.15, 0.2) is 60.7 Å². The molecule has 4 nitrogen and oxygen atoms in total. The van der Waals surface area contributed by atoms with E-state index in [9.17, 15) is 9.59 Å². The number of hydrogen-bond acceptors (Lipinski definition) is 3. The number of carbonyl (C=O) groups excluding carboxylic acids is 2. The number of alkyl halides is 1. The first-order valence-corrected chi connectivity index (χ1v) is 11.8. The van der Waals surface area contributed by atoms with Gasteiger partial charge in [-0.15, -0.1) is 0 Å². The molecule has 1 aliphatic heterocycles. The molecule has 0 radical (unpaired) electrons. The van der Waals surface area contributed by atoms with Gasteiger partial charge in [0.25, 0.3) is 0 Å². The van der Waals surface area contributed by atoms with E-state index in [1.165, 1.54) is 24.2 Å². The molecule has 124 valence electrons. The van der Waals surface area contributed by atoms with Crippen LogP contribution in [0.5, 0.6) is 5.75 Å². The number of hydrogen-bond donors (Lipinski definition) is 0. The maximum atomic E-state index is 11.7. The fraction of sp³-hybridized carbons (Fsp3) is 0.158. The summed E-state index contributed by atoms with van der Waals surface area (Å²) in [6.07, 6.45) is 2.64. The molecule has 1 aliphatic rings. The number of halogens is 1.